The molecule has 10 nitrogen and oxygen atoms in total. The standard InChI is InChI=1S/C44H43N3O7S/c1-29-36(37-25-34(52-2)21-22-38(37)45-29)26-42(49)47(44(51)54-27-30-12-5-4-6-13-30)39(43(50)46-33-20-19-31-14-7-8-15-32(31)24-33)17-11-23-55-28-40(48)35-16-9-10-18-41(35)53-3/h4-10,12-16,18-22,24-25,39,45H,11,17,23,26-28H2,1-3H3,(H,46,50)/t39-/m0/s1. The highest BCUT2D eigenvalue weighted by Gasteiger charge is 2.36. The number of methoxy groups -OCH3 is 2. The summed E-state index contributed by atoms with van der Waals surface area (Å²) in [5.74, 6) is 0.595. The summed E-state index contributed by atoms with van der Waals surface area (Å²) in [5, 5.41) is 5.67. The summed E-state index contributed by atoms with van der Waals surface area (Å²) in [6.45, 7) is 1.77. The first kappa shape index (κ1) is 38.6. The number of fused-ring (bicyclic) bond motifs is 2. The first-order chi connectivity index (χ1) is 26.7. The molecule has 0 radical (unpaired) electrons. The molecule has 0 bridgehead atoms. The van der Waals surface area contributed by atoms with Crippen LogP contribution < -0.4 is 14.8 Å². The van der Waals surface area contributed by atoms with Crippen LogP contribution in [-0.2, 0) is 27.4 Å². The minimum absolute atomic E-state index is 0.0833. The number of hydrogen-bond acceptors (Lipinski definition) is 8. The van der Waals surface area contributed by atoms with Gasteiger partial charge < -0.3 is 24.5 Å². The molecule has 0 saturated carbocycles. The number of hydrogen-bond donors (Lipinski definition) is 2. The van der Waals surface area contributed by atoms with Crippen LogP contribution in [-0.4, -0.2) is 65.3 Å². The van der Waals surface area contributed by atoms with Crippen molar-refractivity contribution in [1.82, 2.24) is 9.88 Å². The average Bonchev–Trinajstić information content (AvgIpc) is 3.52. The van der Waals surface area contributed by atoms with Crippen molar-refractivity contribution < 1.29 is 33.4 Å². The second-order valence-electron chi connectivity index (χ2n) is 13.0. The average molecular weight is 758 g/mol. The summed E-state index contributed by atoms with van der Waals surface area (Å²) in [5.41, 5.74) is 3.99. The molecule has 55 heavy (non-hydrogen) atoms. The quantitative estimate of drug-likeness (QED) is 0.0742. The first-order valence-electron chi connectivity index (χ1n) is 18.0. The van der Waals surface area contributed by atoms with Crippen molar-refractivity contribution in [2.45, 2.75) is 38.8 Å². The van der Waals surface area contributed by atoms with Crippen LogP contribution in [0.15, 0.2) is 115 Å². The molecule has 0 spiro atoms. The van der Waals surface area contributed by atoms with Crippen molar-refractivity contribution >= 4 is 62.8 Å². The number of H-pyrrole nitrogens is 1. The third-order valence-electron chi connectivity index (χ3n) is 9.36. The number of para-hydroxylation sites is 1. The number of anilines is 1. The van der Waals surface area contributed by atoms with Crippen LogP contribution >= 0.6 is 11.8 Å². The zero-order valence-electron chi connectivity index (χ0n) is 31.0. The van der Waals surface area contributed by atoms with Crippen LogP contribution in [0.4, 0.5) is 10.5 Å². The topological polar surface area (TPSA) is 127 Å². The summed E-state index contributed by atoms with van der Waals surface area (Å²) >= 11 is 1.41. The molecule has 11 heteroatoms. The van der Waals surface area contributed by atoms with E-state index in [0.29, 0.717) is 40.5 Å². The van der Waals surface area contributed by atoms with E-state index in [-0.39, 0.29) is 31.0 Å². The van der Waals surface area contributed by atoms with E-state index in [2.05, 4.69) is 10.3 Å². The van der Waals surface area contributed by atoms with Gasteiger partial charge in [0.2, 0.25) is 11.8 Å². The number of Topliss-reactive ketones (excluding diaryl/α,β-unsaturated/α-hetero) is 1. The number of imide groups is 1. The molecule has 5 aromatic carbocycles. The molecule has 2 N–H and O–H groups in total. The molecule has 6 rings (SSSR count). The number of benzene rings is 5. The first-order valence-corrected chi connectivity index (χ1v) is 19.1. The highest BCUT2D eigenvalue weighted by molar-refractivity contribution is 7.99. The van der Waals surface area contributed by atoms with Gasteiger partial charge in [0.15, 0.2) is 5.78 Å². The lowest BCUT2D eigenvalue weighted by Crippen LogP contribution is -2.51. The Labute approximate surface area is 324 Å². The van der Waals surface area contributed by atoms with Gasteiger partial charge in [-0.3, -0.25) is 14.4 Å². The lowest BCUT2D eigenvalue weighted by molar-refractivity contribution is -0.136. The fraction of sp³-hybridized carbons (Fsp3) is 0.227. The number of aromatic nitrogens is 1. The summed E-state index contributed by atoms with van der Waals surface area (Å²) in [6.07, 6.45) is -0.566. The van der Waals surface area contributed by atoms with Gasteiger partial charge in [-0.05, 0) is 89.9 Å². The molecule has 1 heterocycles. The number of aromatic amines is 1. The number of thioether (sulfide) groups is 1. The monoisotopic (exact) mass is 757 g/mol. The van der Waals surface area contributed by atoms with E-state index in [1.165, 1.54) is 18.9 Å². The highest BCUT2D eigenvalue weighted by atomic mass is 32.2. The summed E-state index contributed by atoms with van der Waals surface area (Å²) in [6, 6.07) is 33.8. The Morgan fingerprint density at radius 1 is 0.818 bits per heavy atom. The molecule has 0 aliphatic rings. The van der Waals surface area contributed by atoms with Gasteiger partial charge in [-0.2, -0.15) is 11.8 Å². The third kappa shape index (κ3) is 9.54. The number of carbonyl (C=O) groups excluding carboxylic acids is 4. The van der Waals surface area contributed by atoms with Gasteiger partial charge in [0, 0.05) is 22.3 Å². The number of amides is 3. The molecule has 6 aromatic rings. The van der Waals surface area contributed by atoms with Gasteiger partial charge in [0.05, 0.1) is 32.0 Å². The van der Waals surface area contributed by atoms with Crippen molar-refractivity contribution in [2.75, 3.05) is 31.0 Å². The fourth-order valence-corrected chi connectivity index (χ4v) is 7.37. The van der Waals surface area contributed by atoms with Crippen molar-refractivity contribution in [3.63, 3.8) is 0 Å². The lowest BCUT2D eigenvalue weighted by Gasteiger charge is -2.29. The van der Waals surface area contributed by atoms with E-state index in [9.17, 15) is 19.2 Å². The highest BCUT2D eigenvalue weighted by Crippen LogP contribution is 2.29. The van der Waals surface area contributed by atoms with Crippen molar-refractivity contribution in [3.8, 4) is 11.5 Å². The molecule has 3 amide bonds. The van der Waals surface area contributed by atoms with Crippen LogP contribution in [0.3, 0.4) is 0 Å². The minimum atomic E-state index is -1.23. The SMILES string of the molecule is COc1ccc2[nH]c(C)c(CC(=O)N(C(=O)OCc3ccccc3)[C@@H](CCCSCC(=O)c3ccccc3OC)C(=O)Nc3ccc4ccccc4c3)c2c1. The van der Waals surface area contributed by atoms with Crippen LogP contribution in [0.2, 0.25) is 0 Å². The molecule has 0 aliphatic heterocycles. The Hall–Kier alpha value is -6.07. The third-order valence-corrected chi connectivity index (χ3v) is 10.4. The minimum Gasteiger partial charge on any atom is -0.497 e. The van der Waals surface area contributed by atoms with Gasteiger partial charge in [0.1, 0.15) is 24.1 Å². The van der Waals surface area contributed by atoms with E-state index >= 15 is 0 Å². The van der Waals surface area contributed by atoms with Crippen molar-refractivity contribution in [2.24, 2.45) is 0 Å². The van der Waals surface area contributed by atoms with Gasteiger partial charge in [-0.15, -0.1) is 0 Å². The number of ether oxygens (including phenoxy) is 3. The van der Waals surface area contributed by atoms with Crippen LogP contribution in [0.5, 0.6) is 11.5 Å². The number of ketones is 1. The van der Waals surface area contributed by atoms with E-state index in [1.54, 1.807) is 37.4 Å². The van der Waals surface area contributed by atoms with Crippen LogP contribution in [0, 0.1) is 6.92 Å². The Bertz CT molecular complexity index is 2310. The van der Waals surface area contributed by atoms with E-state index in [0.717, 1.165) is 37.8 Å². The molecule has 0 fully saturated rings. The smallest absolute Gasteiger partial charge is 0.417 e. The molecule has 0 unspecified atom stereocenters. The maximum atomic E-state index is 14.5. The number of aryl methyl sites for hydroxylation is 1. The van der Waals surface area contributed by atoms with E-state index < -0.39 is 23.9 Å². The van der Waals surface area contributed by atoms with Gasteiger partial charge >= 0.3 is 6.09 Å². The molecule has 282 valence electrons. The van der Waals surface area contributed by atoms with Crippen molar-refractivity contribution in [1.29, 1.82) is 0 Å². The second-order valence-corrected chi connectivity index (χ2v) is 14.1. The Morgan fingerprint density at radius 3 is 2.35 bits per heavy atom. The Balaban J connectivity index is 1.28. The predicted octanol–water partition coefficient (Wildman–Crippen LogP) is 8.76. The molecular formula is C44H43N3O7S. The molecular weight excluding hydrogens is 715 g/mol. The molecule has 0 saturated heterocycles. The summed E-state index contributed by atoms with van der Waals surface area (Å²) < 4.78 is 16.6. The number of nitrogens with one attached hydrogen (secondary N) is 2. The predicted molar refractivity (Wildman–Crippen MR) is 217 cm³/mol. The maximum Gasteiger partial charge on any atom is 0.417 e. The largest absolute Gasteiger partial charge is 0.497 e. The van der Waals surface area contributed by atoms with Gasteiger partial charge in [-0.1, -0.05) is 72.8 Å². The molecule has 0 aliphatic carbocycles. The molecule has 1 atom stereocenters. The zero-order chi connectivity index (χ0) is 38.7. The Morgan fingerprint density at radius 2 is 1.56 bits per heavy atom. The zero-order valence-corrected chi connectivity index (χ0v) is 31.8. The van der Waals surface area contributed by atoms with Gasteiger partial charge in [-0.25, -0.2) is 9.69 Å². The Kier molecular flexibility index (Phi) is 12.9. The second kappa shape index (κ2) is 18.3. The number of nitrogens with zero attached hydrogens (tertiary/aromatic N) is 1. The number of rotatable bonds is 16. The molecule has 1 aromatic heterocycles. The van der Waals surface area contributed by atoms with E-state index in [4.69, 9.17) is 14.2 Å². The lowest BCUT2D eigenvalue weighted by atomic mass is 10.0. The van der Waals surface area contributed by atoms with Crippen LogP contribution in [0.25, 0.3) is 21.7 Å². The van der Waals surface area contributed by atoms with Crippen LogP contribution in [0.1, 0.15) is 40.0 Å². The fourth-order valence-electron chi connectivity index (χ4n) is 6.51. The summed E-state index contributed by atoms with van der Waals surface area (Å²) in [7, 11) is 3.10. The van der Waals surface area contributed by atoms with Crippen molar-refractivity contribution in [3.05, 3.63) is 138 Å². The van der Waals surface area contributed by atoms with Gasteiger partial charge in [0.25, 0.3) is 0 Å². The number of carbonyl (C=O) groups is 4. The normalized spacial score (nSPS) is 11.5. The summed E-state index contributed by atoms with van der Waals surface area (Å²) in [4.78, 5) is 60.3. The van der Waals surface area contributed by atoms with E-state index in [1.807, 2.05) is 91.9 Å². The maximum absolute atomic E-state index is 14.5.